The van der Waals surface area contributed by atoms with E-state index in [1.807, 2.05) is 42.5 Å². The Hall–Kier alpha value is -2.09. The highest BCUT2D eigenvalue weighted by molar-refractivity contribution is 5.83. The Morgan fingerprint density at radius 1 is 1.05 bits per heavy atom. The van der Waals surface area contributed by atoms with E-state index in [0.29, 0.717) is 0 Å². The first-order valence-electron chi connectivity index (χ1n) is 6.39. The maximum atomic E-state index is 11.9. The molecule has 2 rings (SSSR count). The van der Waals surface area contributed by atoms with E-state index in [1.165, 1.54) is 5.56 Å². The number of carbonyl (C=O) groups excluding carboxylic acids is 1. The number of Topliss-reactive ketones (excluding diaryl/α,β-unsaturated/α-hetero) is 1. The molecule has 2 aromatic rings. The van der Waals surface area contributed by atoms with E-state index in [4.69, 9.17) is 4.74 Å². The van der Waals surface area contributed by atoms with Gasteiger partial charge in [-0.3, -0.25) is 4.79 Å². The molecule has 0 amide bonds. The van der Waals surface area contributed by atoms with Gasteiger partial charge in [-0.1, -0.05) is 42.5 Å². The topological polar surface area (TPSA) is 26.3 Å². The Morgan fingerprint density at radius 3 is 2.21 bits per heavy atom. The first-order valence-corrected chi connectivity index (χ1v) is 6.39. The van der Waals surface area contributed by atoms with Gasteiger partial charge in [0, 0.05) is 5.92 Å². The lowest BCUT2D eigenvalue weighted by molar-refractivity contribution is -0.118. The molecule has 0 bridgehead atoms. The first-order chi connectivity index (χ1) is 9.20. The van der Waals surface area contributed by atoms with Crippen LogP contribution in [0.2, 0.25) is 0 Å². The molecule has 1 unspecified atom stereocenters. The summed E-state index contributed by atoms with van der Waals surface area (Å²) >= 11 is 0. The second-order valence-electron chi connectivity index (χ2n) is 4.63. The minimum atomic E-state index is -0.0895. The van der Waals surface area contributed by atoms with Crippen molar-refractivity contribution in [2.45, 2.75) is 19.3 Å². The first kappa shape index (κ1) is 13.3. The molecule has 0 radical (unpaired) electrons. The van der Waals surface area contributed by atoms with Gasteiger partial charge in [-0.15, -0.1) is 0 Å². The van der Waals surface area contributed by atoms with Gasteiger partial charge >= 0.3 is 0 Å². The van der Waals surface area contributed by atoms with Gasteiger partial charge < -0.3 is 4.74 Å². The zero-order valence-corrected chi connectivity index (χ0v) is 11.3. The number of hydrogen-bond acceptors (Lipinski definition) is 2. The number of rotatable bonds is 5. The van der Waals surface area contributed by atoms with Crippen molar-refractivity contribution in [1.29, 1.82) is 0 Å². The number of carbonyl (C=O) groups is 1. The average molecular weight is 254 g/mol. The summed E-state index contributed by atoms with van der Waals surface area (Å²) in [5.74, 6) is 0.910. The van der Waals surface area contributed by atoms with Crippen LogP contribution in [0.15, 0.2) is 54.6 Å². The van der Waals surface area contributed by atoms with Gasteiger partial charge in [0.15, 0.2) is 0 Å². The minimum Gasteiger partial charge on any atom is -0.497 e. The van der Waals surface area contributed by atoms with Crippen LogP contribution < -0.4 is 4.74 Å². The summed E-state index contributed by atoms with van der Waals surface area (Å²) in [7, 11) is 1.64. The van der Waals surface area contributed by atoms with E-state index in [1.54, 1.807) is 14.0 Å². The molecule has 2 heteroatoms. The number of ketones is 1. The third kappa shape index (κ3) is 3.44. The second kappa shape index (κ2) is 6.19. The van der Waals surface area contributed by atoms with Crippen molar-refractivity contribution in [1.82, 2.24) is 0 Å². The third-order valence-corrected chi connectivity index (χ3v) is 3.29. The Kier molecular flexibility index (Phi) is 4.35. The summed E-state index contributed by atoms with van der Waals surface area (Å²) in [5, 5.41) is 0. The van der Waals surface area contributed by atoms with E-state index in [0.717, 1.165) is 17.7 Å². The molecule has 0 heterocycles. The summed E-state index contributed by atoms with van der Waals surface area (Å²) in [6.07, 6.45) is 0.739. The lowest BCUT2D eigenvalue weighted by atomic mass is 9.89. The molecule has 0 aromatic heterocycles. The van der Waals surface area contributed by atoms with E-state index in [2.05, 4.69) is 12.1 Å². The van der Waals surface area contributed by atoms with E-state index in [9.17, 15) is 4.79 Å². The van der Waals surface area contributed by atoms with Crippen molar-refractivity contribution in [3.8, 4) is 5.75 Å². The predicted octanol–water partition coefficient (Wildman–Crippen LogP) is 3.61. The molecule has 0 aliphatic heterocycles. The molecular weight excluding hydrogens is 236 g/mol. The molecule has 0 fully saturated rings. The van der Waals surface area contributed by atoms with Crippen LogP contribution in [0, 0.1) is 0 Å². The van der Waals surface area contributed by atoms with Gasteiger partial charge in [-0.25, -0.2) is 0 Å². The van der Waals surface area contributed by atoms with Crippen LogP contribution in [0.1, 0.15) is 24.0 Å². The van der Waals surface area contributed by atoms with Gasteiger partial charge in [-0.05, 0) is 36.6 Å². The fourth-order valence-corrected chi connectivity index (χ4v) is 2.18. The van der Waals surface area contributed by atoms with Crippen LogP contribution >= 0.6 is 0 Å². The quantitative estimate of drug-likeness (QED) is 0.814. The summed E-state index contributed by atoms with van der Waals surface area (Å²) < 4.78 is 5.14. The van der Waals surface area contributed by atoms with Crippen molar-refractivity contribution in [3.05, 3.63) is 65.7 Å². The van der Waals surface area contributed by atoms with E-state index < -0.39 is 0 Å². The average Bonchev–Trinajstić information content (AvgIpc) is 2.46. The molecule has 0 aliphatic rings. The fourth-order valence-electron chi connectivity index (χ4n) is 2.18. The standard InChI is InChI=1S/C17H18O2/c1-13(18)17(12-14-6-4-3-5-7-14)15-8-10-16(19-2)11-9-15/h3-11,17H,12H2,1-2H3. The zero-order chi connectivity index (χ0) is 13.7. The Labute approximate surface area is 114 Å². The van der Waals surface area contributed by atoms with Crippen LogP contribution in [0.3, 0.4) is 0 Å². The summed E-state index contributed by atoms with van der Waals surface area (Å²) in [6, 6.07) is 17.8. The van der Waals surface area contributed by atoms with Crippen LogP contribution in [-0.4, -0.2) is 12.9 Å². The largest absolute Gasteiger partial charge is 0.497 e. The van der Waals surface area contributed by atoms with E-state index in [-0.39, 0.29) is 11.7 Å². The van der Waals surface area contributed by atoms with Gasteiger partial charge in [0.1, 0.15) is 11.5 Å². The van der Waals surface area contributed by atoms with Crippen LogP contribution in [-0.2, 0) is 11.2 Å². The lowest BCUT2D eigenvalue weighted by Crippen LogP contribution is -2.12. The maximum absolute atomic E-state index is 11.9. The highest BCUT2D eigenvalue weighted by atomic mass is 16.5. The number of hydrogen-bond donors (Lipinski definition) is 0. The monoisotopic (exact) mass is 254 g/mol. The maximum Gasteiger partial charge on any atom is 0.137 e. The van der Waals surface area contributed by atoms with Gasteiger partial charge in [0.2, 0.25) is 0 Å². The molecule has 0 saturated heterocycles. The molecule has 0 aliphatic carbocycles. The number of benzene rings is 2. The molecule has 0 saturated carbocycles. The normalized spacial score (nSPS) is 11.9. The third-order valence-electron chi connectivity index (χ3n) is 3.29. The van der Waals surface area contributed by atoms with Crippen molar-refractivity contribution in [2.24, 2.45) is 0 Å². The van der Waals surface area contributed by atoms with Crippen molar-refractivity contribution < 1.29 is 9.53 Å². The number of methoxy groups -OCH3 is 1. The second-order valence-corrected chi connectivity index (χ2v) is 4.63. The highest BCUT2D eigenvalue weighted by Crippen LogP contribution is 2.24. The smallest absolute Gasteiger partial charge is 0.137 e. The summed E-state index contributed by atoms with van der Waals surface area (Å²) in [4.78, 5) is 11.9. The van der Waals surface area contributed by atoms with Gasteiger partial charge in [0.25, 0.3) is 0 Å². The molecule has 2 aromatic carbocycles. The summed E-state index contributed by atoms with van der Waals surface area (Å²) in [5.41, 5.74) is 2.22. The SMILES string of the molecule is COc1ccc(C(Cc2ccccc2)C(C)=O)cc1. The lowest BCUT2D eigenvalue weighted by Gasteiger charge is -2.15. The van der Waals surface area contributed by atoms with Crippen LogP contribution in [0.25, 0.3) is 0 Å². The Morgan fingerprint density at radius 2 is 1.68 bits per heavy atom. The Balaban J connectivity index is 2.22. The van der Waals surface area contributed by atoms with Gasteiger partial charge in [-0.2, -0.15) is 0 Å². The fraction of sp³-hybridized carbons (Fsp3) is 0.235. The molecule has 2 nitrogen and oxygen atoms in total. The molecule has 0 spiro atoms. The van der Waals surface area contributed by atoms with Crippen molar-refractivity contribution in [3.63, 3.8) is 0 Å². The van der Waals surface area contributed by atoms with Crippen molar-refractivity contribution >= 4 is 5.78 Å². The van der Waals surface area contributed by atoms with Gasteiger partial charge in [0.05, 0.1) is 7.11 Å². The molecular formula is C17H18O2. The zero-order valence-electron chi connectivity index (χ0n) is 11.3. The number of ether oxygens (including phenoxy) is 1. The van der Waals surface area contributed by atoms with Crippen LogP contribution in [0.5, 0.6) is 5.75 Å². The van der Waals surface area contributed by atoms with E-state index >= 15 is 0 Å². The van der Waals surface area contributed by atoms with Crippen molar-refractivity contribution in [2.75, 3.05) is 7.11 Å². The highest BCUT2D eigenvalue weighted by Gasteiger charge is 2.17. The predicted molar refractivity (Wildman–Crippen MR) is 76.6 cm³/mol. The molecule has 1 atom stereocenters. The Bertz CT molecular complexity index is 529. The molecule has 98 valence electrons. The minimum absolute atomic E-state index is 0.0895. The molecule has 0 N–H and O–H groups in total. The summed E-state index contributed by atoms with van der Waals surface area (Å²) in [6.45, 7) is 1.65. The van der Waals surface area contributed by atoms with Crippen LogP contribution in [0.4, 0.5) is 0 Å². The molecule has 19 heavy (non-hydrogen) atoms.